The van der Waals surface area contributed by atoms with Gasteiger partial charge in [-0.1, -0.05) is 41.5 Å². The Labute approximate surface area is 251 Å². The molecular weight excluding hydrogens is 679 g/mol. The summed E-state index contributed by atoms with van der Waals surface area (Å²) in [5.74, 6) is 0.547. The normalized spacial score (nSPS) is 11.6. The number of imidazole rings is 1. The molecule has 0 atom stereocenters. The molecule has 7 heteroatoms. The zero-order valence-electron chi connectivity index (χ0n) is 25.0. The fourth-order valence-corrected chi connectivity index (χ4v) is 5.18. The second-order valence-electron chi connectivity index (χ2n) is 10.4. The first kappa shape index (κ1) is 33.2. The zero-order valence-corrected chi connectivity index (χ0v) is 27.4. The number of carbonyl (C=O) groups is 1. The van der Waals surface area contributed by atoms with Gasteiger partial charge in [0.25, 0.3) is 0 Å². The molecule has 4 aromatic rings. The minimum atomic E-state index is -0.0206. The fraction of sp³-hybridized carbons (Fsp3) is 0.424. The van der Waals surface area contributed by atoms with Crippen LogP contribution in [0.15, 0.2) is 53.2 Å². The zero-order chi connectivity index (χ0) is 28.9. The first-order valence-electron chi connectivity index (χ1n) is 14.0. The van der Waals surface area contributed by atoms with Crippen molar-refractivity contribution >= 4 is 27.6 Å². The van der Waals surface area contributed by atoms with Crippen molar-refractivity contribution in [1.82, 2.24) is 14.1 Å². The number of benzene rings is 2. The molecular formula is C33H42IrN3O3-. The molecule has 4 rings (SSSR count). The Hall–Kier alpha value is -3.02. The maximum absolute atomic E-state index is 12.2. The maximum atomic E-state index is 12.2. The van der Waals surface area contributed by atoms with Gasteiger partial charge in [-0.2, -0.15) is 0 Å². The maximum Gasteiger partial charge on any atom is 0.328 e. The summed E-state index contributed by atoms with van der Waals surface area (Å²) in [6, 6.07) is 13.7. The van der Waals surface area contributed by atoms with Gasteiger partial charge in [-0.05, 0) is 60.3 Å². The van der Waals surface area contributed by atoms with E-state index in [9.17, 15) is 14.7 Å². The molecule has 0 saturated heterocycles. The van der Waals surface area contributed by atoms with E-state index < -0.39 is 0 Å². The van der Waals surface area contributed by atoms with E-state index >= 15 is 0 Å². The van der Waals surface area contributed by atoms with Crippen LogP contribution >= 0.6 is 0 Å². The fourth-order valence-electron chi connectivity index (χ4n) is 5.18. The Balaban J connectivity index is 0.000000307. The first-order valence-corrected chi connectivity index (χ1v) is 14.0. The number of aliphatic hydroxyl groups excluding tert-OH is 1. The second-order valence-corrected chi connectivity index (χ2v) is 10.4. The molecule has 0 amide bonds. The Kier molecular flexibility index (Phi) is 12.1. The summed E-state index contributed by atoms with van der Waals surface area (Å²) in [4.78, 5) is 28.5. The van der Waals surface area contributed by atoms with Crippen LogP contribution < -0.4 is 5.69 Å². The van der Waals surface area contributed by atoms with Crippen LogP contribution in [0.4, 0.5) is 0 Å². The number of nitrogens with zero attached hydrogens (tertiary/aromatic N) is 3. The van der Waals surface area contributed by atoms with E-state index in [1.807, 2.05) is 46.9 Å². The number of rotatable bonds is 8. The van der Waals surface area contributed by atoms with Gasteiger partial charge in [0.2, 0.25) is 0 Å². The predicted molar refractivity (Wildman–Crippen MR) is 161 cm³/mol. The molecule has 0 spiro atoms. The summed E-state index contributed by atoms with van der Waals surface area (Å²) in [6.07, 6.45) is 6.72. The van der Waals surface area contributed by atoms with Crippen molar-refractivity contribution in [3.8, 4) is 11.3 Å². The van der Waals surface area contributed by atoms with Crippen LogP contribution in [-0.2, 0) is 39.0 Å². The second kappa shape index (κ2) is 14.6. The van der Waals surface area contributed by atoms with Gasteiger partial charge in [0.05, 0.1) is 16.8 Å². The molecule has 217 valence electrons. The molecule has 0 bridgehead atoms. The molecule has 2 aromatic carbocycles. The Morgan fingerprint density at radius 3 is 2.08 bits per heavy atom. The summed E-state index contributed by atoms with van der Waals surface area (Å²) in [5.41, 5.74) is 5.99. The van der Waals surface area contributed by atoms with Gasteiger partial charge in [0, 0.05) is 58.3 Å². The van der Waals surface area contributed by atoms with E-state index in [1.165, 1.54) is 11.6 Å². The van der Waals surface area contributed by atoms with Gasteiger partial charge >= 0.3 is 5.69 Å². The number of ketones is 1. The van der Waals surface area contributed by atoms with Crippen LogP contribution in [-0.4, -0.2) is 25.0 Å². The van der Waals surface area contributed by atoms with Crippen molar-refractivity contribution in [1.29, 1.82) is 0 Å². The average Bonchev–Trinajstić information content (AvgIpc) is 3.11. The molecule has 0 unspecified atom stereocenters. The monoisotopic (exact) mass is 721 g/mol. The number of pyridine rings is 1. The molecule has 2 aromatic heterocycles. The molecule has 1 N–H and O–H groups in total. The minimum Gasteiger partial charge on any atom is -0.512 e. The SMILES string of the molecule is CCC(CC)C(=O)/C=C(\O)C(CC)CC.Cc1[c-]c(-c2nccc3cc4c(cc23)n(C)c(=O)n4C)cc(C)c1.[Ir]. The number of fused-ring (bicyclic) bond motifs is 2. The topological polar surface area (TPSA) is 77.1 Å². The van der Waals surface area contributed by atoms with Gasteiger partial charge in [-0.25, -0.2) is 4.79 Å². The molecule has 40 heavy (non-hydrogen) atoms. The first-order chi connectivity index (χ1) is 18.6. The summed E-state index contributed by atoms with van der Waals surface area (Å²) >= 11 is 0. The Morgan fingerprint density at radius 1 is 0.950 bits per heavy atom. The minimum absolute atomic E-state index is 0. The van der Waals surface area contributed by atoms with E-state index in [-0.39, 0.29) is 49.2 Å². The van der Waals surface area contributed by atoms with Crippen molar-refractivity contribution in [2.75, 3.05) is 0 Å². The van der Waals surface area contributed by atoms with Crippen LogP contribution in [0.5, 0.6) is 0 Å². The predicted octanol–water partition coefficient (Wildman–Crippen LogP) is 7.38. The molecule has 0 aliphatic rings. The molecule has 0 saturated carbocycles. The molecule has 0 fully saturated rings. The molecule has 0 aliphatic carbocycles. The summed E-state index contributed by atoms with van der Waals surface area (Å²) in [7, 11) is 3.60. The standard InChI is InChI=1S/C20H18N3O.C13H24O2.Ir/c1-12-7-13(2)9-15(8-12)19-16-11-18-17(10-14(16)5-6-21-19)22(3)20(24)23(18)4;1-5-10(6-2)12(14)9-13(15)11(7-3)8-4;/h5-8,10-11H,1-4H3;9-11,14H,5-8H2,1-4H3;/q-1;;/b;12-9-;. The van der Waals surface area contributed by atoms with Gasteiger partial charge in [-0.15, -0.1) is 34.9 Å². The summed E-state index contributed by atoms with van der Waals surface area (Å²) in [5, 5.41) is 11.9. The van der Waals surface area contributed by atoms with Crippen LogP contribution in [0.2, 0.25) is 0 Å². The smallest absolute Gasteiger partial charge is 0.328 e. The van der Waals surface area contributed by atoms with Crippen LogP contribution in [0, 0.1) is 31.7 Å². The third-order valence-corrected chi connectivity index (χ3v) is 7.64. The average molecular weight is 721 g/mol. The number of allylic oxidation sites excluding steroid dienone is 2. The largest absolute Gasteiger partial charge is 0.512 e. The third kappa shape index (κ3) is 7.18. The number of hydrogen-bond acceptors (Lipinski definition) is 4. The number of aromatic nitrogens is 3. The number of aryl methyl sites for hydroxylation is 4. The third-order valence-electron chi connectivity index (χ3n) is 7.64. The van der Waals surface area contributed by atoms with Gasteiger partial charge in [0.15, 0.2) is 5.78 Å². The van der Waals surface area contributed by atoms with Crippen molar-refractivity contribution in [2.45, 2.75) is 67.2 Å². The Morgan fingerprint density at radius 2 is 1.52 bits per heavy atom. The number of aliphatic hydroxyl groups is 1. The van der Waals surface area contributed by atoms with E-state index in [4.69, 9.17) is 0 Å². The van der Waals surface area contributed by atoms with Crippen LogP contribution in [0.25, 0.3) is 33.1 Å². The number of carbonyl (C=O) groups excluding carboxylic acids is 1. The molecule has 2 heterocycles. The molecule has 6 nitrogen and oxygen atoms in total. The quantitative estimate of drug-likeness (QED) is 0.117. The van der Waals surface area contributed by atoms with Crippen LogP contribution in [0.1, 0.15) is 64.5 Å². The van der Waals surface area contributed by atoms with E-state index in [2.05, 4.69) is 42.2 Å². The molecule has 1 radical (unpaired) electrons. The van der Waals surface area contributed by atoms with E-state index in [1.54, 1.807) is 23.2 Å². The van der Waals surface area contributed by atoms with Crippen molar-refractivity contribution in [3.63, 3.8) is 0 Å². The van der Waals surface area contributed by atoms with Crippen molar-refractivity contribution < 1.29 is 30.0 Å². The van der Waals surface area contributed by atoms with Crippen molar-refractivity contribution in [2.24, 2.45) is 25.9 Å². The van der Waals surface area contributed by atoms with E-state index in [0.29, 0.717) is 0 Å². The van der Waals surface area contributed by atoms with Crippen molar-refractivity contribution in [3.05, 3.63) is 76.0 Å². The van der Waals surface area contributed by atoms with Gasteiger partial charge in [0.1, 0.15) is 0 Å². The summed E-state index contributed by atoms with van der Waals surface area (Å²) in [6.45, 7) is 12.2. The van der Waals surface area contributed by atoms with Gasteiger partial charge in [-0.3, -0.25) is 13.9 Å². The Bertz CT molecular complexity index is 1540. The summed E-state index contributed by atoms with van der Waals surface area (Å²) < 4.78 is 3.36. The molecule has 0 aliphatic heterocycles. The van der Waals surface area contributed by atoms with Gasteiger partial charge < -0.3 is 10.1 Å². The number of hydrogen-bond donors (Lipinski definition) is 1. The van der Waals surface area contributed by atoms with E-state index in [0.717, 1.165) is 64.3 Å². The van der Waals surface area contributed by atoms with Crippen LogP contribution in [0.3, 0.4) is 0 Å².